The second-order valence-corrected chi connectivity index (χ2v) is 7.76. The van der Waals surface area contributed by atoms with Gasteiger partial charge in [-0.25, -0.2) is 4.98 Å². The Kier molecular flexibility index (Phi) is 5.64. The van der Waals surface area contributed by atoms with E-state index in [9.17, 15) is 10.1 Å². The molecule has 1 fully saturated rings. The van der Waals surface area contributed by atoms with E-state index in [4.69, 9.17) is 10.7 Å². The van der Waals surface area contributed by atoms with E-state index in [1.165, 1.54) is 0 Å². The number of nitrogens with zero attached hydrogens (tertiary/aromatic N) is 4. The molecular weight excluding hydrogens is 374 g/mol. The average Bonchev–Trinajstić information content (AvgIpc) is 2.78. The van der Waals surface area contributed by atoms with Gasteiger partial charge in [0.05, 0.1) is 17.2 Å². The third-order valence-corrected chi connectivity index (χ3v) is 5.66. The van der Waals surface area contributed by atoms with Gasteiger partial charge in [0, 0.05) is 38.2 Å². The van der Waals surface area contributed by atoms with Crippen molar-refractivity contribution >= 4 is 5.82 Å². The van der Waals surface area contributed by atoms with E-state index in [0.717, 1.165) is 30.5 Å². The molecule has 4 rings (SSSR count). The molecule has 0 radical (unpaired) electrons. The summed E-state index contributed by atoms with van der Waals surface area (Å²) >= 11 is 0. The lowest BCUT2D eigenvalue weighted by molar-refractivity contribution is 0.501. The van der Waals surface area contributed by atoms with Gasteiger partial charge < -0.3 is 10.6 Å². The zero-order valence-corrected chi connectivity index (χ0v) is 17.1. The van der Waals surface area contributed by atoms with E-state index >= 15 is 0 Å². The monoisotopic (exact) mass is 399 g/mol. The van der Waals surface area contributed by atoms with Crippen molar-refractivity contribution in [3.05, 3.63) is 81.6 Å². The summed E-state index contributed by atoms with van der Waals surface area (Å²) in [6, 6.07) is 19.4. The zero-order chi connectivity index (χ0) is 21.1. The molecule has 30 heavy (non-hydrogen) atoms. The maximum Gasteiger partial charge on any atom is 0.259 e. The fourth-order valence-electron chi connectivity index (χ4n) is 4.08. The van der Waals surface area contributed by atoms with Crippen molar-refractivity contribution in [1.29, 1.82) is 5.26 Å². The molecule has 1 aliphatic heterocycles. The van der Waals surface area contributed by atoms with Crippen LogP contribution in [0.15, 0.2) is 59.4 Å². The lowest BCUT2D eigenvalue weighted by Crippen LogP contribution is -2.44. The SMILES string of the molecule is Cn1c(-c2ccccc2)nc(N2CCC[C@@H](N)C2)c(Cc2ccccc2C#N)c1=O. The lowest BCUT2D eigenvalue weighted by Gasteiger charge is -2.33. The molecule has 0 unspecified atom stereocenters. The summed E-state index contributed by atoms with van der Waals surface area (Å²) in [7, 11) is 1.75. The number of anilines is 1. The molecule has 0 saturated carbocycles. The molecule has 1 aromatic heterocycles. The van der Waals surface area contributed by atoms with Crippen LogP contribution in [0.25, 0.3) is 11.4 Å². The predicted octanol–water partition coefficient (Wildman–Crippen LogP) is 2.84. The smallest absolute Gasteiger partial charge is 0.259 e. The van der Waals surface area contributed by atoms with Crippen LogP contribution in [0.3, 0.4) is 0 Å². The van der Waals surface area contributed by atoms with Gasteiger partial charge in [0.15, 0.2) is 0 Å². The second kappa shape index (κ2) is 8.52. The van der Waals surface area contributed by atoms with Crippen LogP contribution in [0, 0.1) is 11.3 Å². The van der Waals surface area contributed by atoms with E-state index < -0.39 is 0 Å². The fourth-order valence-corrected chi connectivity index (χ4v) is 4.08. The Morgan fingerprint density at radius 3 is 2.63 bits per heavy atom. The summed E-state index contributed by atoms with van der Waals surface area (Å²) in [5.74, 6) is 1.31. The molecule has 6 nitrogen and oxygen atoms in total. The molecule has 3 aromatic rings. The molecular formula is C24H25N5O. The van der Waals surface area contributed by atoms with Crippen molar-refractivity contribution in [1.82, 2.24) is 9.55 Å². The van der Waals surface area contributed by atoms with Crippen LogP contribution < -0.4 is 16.2 Å². The van der Waals surface area contributed by atoms with Crippen LogP contribution in [0.2, 0.25) is 0 Å². The van der Waals surface area contributed by atoms with E-state index in [2.05, 4.69) is 11.0 Å². The maximum atomic E-state index is 13.5. The highest BCUT2D eigenvalue weighted by Gasteiger charge is 2.25. The first-order valence-corrected chi connectivity index (χ1v) is 10.2. The van der Waals surface area contributed by atoms with Crippen molar-refractivity contribution in [3.63, 3.8) is 0 Å². The number of nitriles is 1. The molecule has 1 aliphatic rings. The van der Waals surface area contributed by atoms with Gasteiger partial charge >= 0.3 is 0 Å². The lowest BCUT2D eigenvalue weighted by atomic mass is 9.99. The first kappa shape index (κ1) is 19.9. The zero-order valence-electron chi connectivity index (χ0n) is 17.1. The molecule has 2 heterocycles. The second-order valence-electron chi connectivity index (χ2n) is 7.76. The van der Waals surface area contributed by atoms with Crippen molar-refractivity contribution in [2.24, 2.45) is 12.8 Å². The van der Waals surface area contributed by atoms with Crippen molar-refractivity contribution in [3.8, 4) is 17.5 Å². The normalized spacial score (nSPS) is 16.3. The number of nitrogens with two attached hydrogens (primary N) is 1. The number of piperidine rings is 1. The van der Waals surface area contributed by atoms with Crippen LogP contribution in [-0.4, -0.2) is 28.7 Å². The van der Waals surface area contributed by atoms with Crippen LogP contribution in [0.5, 0.6) is 0 Å². The van der Waals surface area contributed by atoms with Crippen LogP contribution in [-0.2, 0) is 13.5 Å². The summed E-state index contributed by atoms with van der Waals surface area (Å²) < 4.78 is 1.60. The van der Waals surface area contributed by atoms with Gasteiger partial charge in [0.2, 0.25) is 0 Å². The van der Waals surface area contributed by atoms with E-state index in [-0.39, 0.29) is 11.6 Å². The van der Waals surface area contributed by atoms with Crippen molar-refractivity contribution in [2.45, 2.75) is 25.3 Å². The first-order valence-electron chi connectivity index (χ1n) is 10.2. The molecule has 0 bridgehead atoms. The quantitative estimate of drug-likeness (QED) is 0.729. The predicted molar refractivity (Wildman–Crippen MR) is 118 cm³/mol. The highest BCUT2D eigenvalue weighted by atomic mass is 16.1. The highest BCUT2D eigenvalue weighted by Crippen LogP contribution is 2.26. The number of aromatic nitrogens is 2. The number of hydrogen-bond donors (Lipinski definition) is 1. The third kappa shape index (κ3) is 3.85. The Balaban J connectivity index is 1.89. The summed E-state index contributed by atoms with van der Waals surface area (Å²) in [6.07, 6.45) is 2.30. The fraction of sp³-hybridized carbons (Fsp3) is 0.292. The third-order valence-electron chi connectivity index (χ3n) is 5.66. The molecule has 2 aromatic carbocycles. The Bertz CT molecular complexity index is 1150. The van der Waals surface area contributed by atoms with Crippen LogP contribution in [0.1, 0.15) is 29.5 Å². The average molecular weight is 399 g/mol. The summed E-state index contributed by atoms with van der Waals surface area (Å²) in [5, 5.41) is 9.49. The van der Waals surface area contributed by atoms with Gasteiger partial charge in [-0.05, 0) is 24.5 Å². The van der Waals surface area contributed by atoms with E-state index in [0.29, 0.717) is 35.7 Å². The van der Waals surface area contributed by atoms with Crippen molar-refractivity contribution < 1.29 is 0 Å². The Morgan fingerprint density at radius 2 is 1.90 bits per heavy atom. The van der Waals surface area contributed by atoms with Crippen molar-refractivity contribution in [2.75, 3.05) is 18.0 Å². The van der Waals surface area contributed by atoms with Crippen LogP contribution >= 0.6 is 0 Å². The minimum Gasteiger partial charge on any atom is -0.355 e. The van der Waals surface area contributed by atoms with Gasteiger partial charge in [-0.1, -0.05) is 48.5 Å². The summed E-state index contributed by atoms with van der Waals surface area (Å²) in [4.78, 5) is 20.6. The first-order chi connectivity index (χ1) is 14.6. The Hall–Kier alpha value is -3.43. The molecule has 152 valence electrons. The Labute approximate surface area is 176 Å². The minimum atomic E-state index is -0.0919. The van der Waals surface area contributed by atoms with Crippen LogP contribution in [0.4, 0.5) is 5.82 Å². The van der Waals surface area contributed by atoms with Gasteiger partial charge in [0.25, 0.3) is 5.56 Å². The highest BCUT2D eigenvalue weighted by molar-refractivity contribution is 5.61. The van der Waals surface area contributed by atoms with Gasteiger partial charge in [0.1, 0.15) is 11.6 Å². The number of benzene rings is 2. The molecule has 2 N–H and O–H groups in total. The molecule has 0 aliphatic carbocycles. The van der Waals surface area contributed by atoms with Gasteiger partial charge in [-0.2, -0.15) is 5.26 Å². The molecule has 0 amide bonds. The molecule has 1 atom stereocenters. The topological polar surface area (TPSA) is 87.9 Å². The summed E-state index contributed by atoms with van der Waals surface area (Å²) in [5.41, 5.74) is 9.04. The van der Waals surface area contributed by atoms with Gasteiger partial charge in [-0.15, -0.1) is 0 Å². The molecule has 6 heteroatoms. The Morgan fingerprint density at radius 1 is 1.17 bits per heavy atom. The number of rotatable bonds is 4. The van der Waals surface area contributed by atoms with Gasteiger partial charge in [-0.3, -0.25) is 9.36 Å². The maximum absolute atomic E-state index is 13.5. The molecule has 0 spiro atoms. The molecule has 1 saturated heterocycles. The summed E-state index contributed by atoms with van der Waals surface area (Å²) in [6.45, 7) is 1.48. The standard InChI is InChI=1S/C24H25N5O/c1-28-22(17-8-3-2-4-9-17)27-23(29-13-7-12-20(26)16-29)21(24(28)30)14-18-10-5-6-11-19(18)15-25/h2-6,8-11,20H,7,12-14,16,26H2,1H3/t20-/m1/s1. The van der Waals surface area contributed by atoms with E-state index in [1.807, 2.05) is 48.5 Å². The minimum absolute atomic E-state index is 0.0593. The number of hydrogen-bond acceptors (Lipinski definition) is 5. The largest absolute Gasteiger partial charge is 0.355 e. The van der Waals surface area contributed by atoms with E-state index in [1.54, 1.807) is 17.7 Å².